The summed E-state index contributed by atoms with van der Waals surface area (Å²) in [6.07, 6.45) is 0. The maximum Gasteiger partial charge on any atom is 0.251 e. The zero-order valence-corrected chi connectivity index (χ0v) is 21.6. The third-order valence-electron chi connectivity index (χ3n) is 5.87. The Hall–Kier alpha value is -3.12. The zero-order chi connectivity index (χ0) is 24.2. The molecule has 0 fully saturated rings. The van der Waals surface area contributed by atoms with Gasteiger partial charge in [0.05, 0.1) is 23.6 Å². The molecule has 0 spiro atoms. The fourth-order valence-electron chi connectivity index (χ4n) is 4.12. The fourth-order valence-corrected chi connectivity index (χ4v) is 4.52. The first-order chi connectivity index (χ1) is 16.3. The van der Waals surface area contributed by atoms with E-state index in [9.17, 15) is 4.79 Å². The molecule has 176 valence electrons. The molecule has 0 aliphatic heterocycles. The first-order valence-corrected chi connectivity index (χ1v) is 12.4. The topological polar surface area (TPSA) is 56.1 Å². The van der Waals surface area contributed by atoms with Gasteiger partial charge >= 0.3 is 0 Å². The van der Waals surface area contributed by atoms with E-state index in [1.165, 1.54) is 11.1 Å². The Morgan fingerprint density at radius 1 is 1.06 bits per heavy atom. The number of hydrogen-bond donors (Lipinski definition) is 1. The van der Waals surface area contributed by atoms with Gasteiger partial charge in [0.2, 0.25) is 0 Å². The van der Waals surface area contributed by atoms with Crippen molar-refractivity contribution in [2.45, 2.75) is 46.2 Å². The van der Waals surface area contributed by atoms with Gasteiger partial charge in [0.1, 0.15) is 18.2 Å². The lowest BCUT2D eigenvalue weighted by atomic mass is 10.0. The number of aryl methyl sites for hydroxylation is 1. The van der Waals surface area contributed by atoms with Crippen molar-refractivity contribution < 1.29 is 9.53 Å². The molecule has 34 heavy (non-hydrogen) atoms. The van der Waals surface area contributed by atoms with Crippen LogP contribution < -0.4 is 10.1 Å². The van der Waals surface area contributed by atoms with E-state index in [1.807, 2.05) is 43.3 Å². The van der Waals surface area contributed by atoms with Crippen molar-refractivity contribution in [3.63, 3.8) is 0 Å². The molecule has 0 saturated carbocycles. The molecule has 1 aromatic heterocycles. The van der Waals surface area contributed by atoms with Gasteiger partial charge in [-0.2, -0.15) is 0 Å². The monoisotopic (exact) mass is 519 g/mol. The highest BCUT2D eigenvalue weighted by Gasteiger charge is 2.19. The normalized spacial score (nSPS) is 12.2. The van der Waals surface area contributed by atoms with Crippen LogP contribution in [0.1, 0.15) is 60.0 Å². The standard InChI is InChI=1S/C28H30BrN3O2/c1-18(2)23-13-12-19(3)16-26(23)34-15-14-32-25-11-6-5-10-24(25)31-27(32)20(4)30-28(33)21-8-7-9-22(29)17-21/h5-13,16-18,20H,14-15H2,1-4H3,(H,30,33). The summed E-state index contributed by atoms with van der Waals surface area (Å²) in [5.74, 6) is 1.98. The van der Waals surface area contributed by atoms with Gasteiger partial charge in [0.15, 0.2) is 0 Å². The van der Waals surface area contributed by atoms with Crippen molar-refractivity contribution in [2.75, 3.05) is 6.61 Å². The quantitative estimate of drug-likeness (QED) is 0.278. The Balaban J connectivity index is 1.56. The van der Waals surface area contributed by atoms with Gasteiger partial charge in [-0.05, 0) is 67.3 Å². The van der Waals surface area contributed by atoms with E-state index in [0.717, 1.165) is 27.1 Å². The van der Waals surface area contributed by atoms with Crippen LogP contribution in [0.5, 0.6) is 5.75 Å². The number of nitrogens with zero attached hydrogens (tertiary/aromatic N) is 2. The fraction of sp³-hybridized carbons (Fsp3) is 0.286. The van der Waals surface area contributed by atoms with Crippen molar-refractivity contribution in [1.29, 1.82) is 0 Å². The van der Waals surface area contributed by atoms with Crippen LogP contribution in [-0.2, 0) is 6.54 Å². The van der Waals surface area contributed by atoms with Gasteiger partial charge in [0.25, 0.3) is 5.91 Å². The number of imidazole rings is 1. The summed E-state index contributed by atoms with van der Waals surface area (Å²) < 4.78 is 9.27. The van der Waals surface area contributed by atoms with Crippen LogP contribution >= 0.6 is 15.9 Å². The first-order valence-electron chi connectivity index (χ1n) is 11.6. The van der Waals surface area contributed by atoms with Gasteiger partial charge in [-0.15, -0.1) is 0 Å². The largest absolute Gasteiger partial charge is 0.491 e. The molecule has 0 aliphatic rings. The predicted octanol–water partition coefficient (Wildman–Crippen LogP) is 6.80. The molecule has 1 heterocycles. The maximum atomic E-state index is 12.8. The molecule has 1 atom stereocenters. The number of aromatic nitrogens is 2. The average Bonchev–Trinajstić information content (AvgIpc) is 3.18. The second-order valence-electron chi connectivity index (χ2n) is 8.86. The summed E-state index contributed by atoms with van der Waals surface area (Å²) in [6, 6.07) is 21.5. The average molecular weight is 520 g/mol. The number of carbonyl (C=O) groups is 1. The van der Waals surface area contributed by atoms with Crippen molar-refractivity contribution in [3.05, 3.63) is 93.7 Å². The highest BCUT2D eigenvalue weighted by molar-refractivity contribution is 9.10. The Morgan fingerprint density at radius 2 is 1.85 bits per heavy atom. The number of nitrogens with one attached hydrogen (secondary N) is 1. The Morgan fingerprint density at radius 3 is 2.62 bits per heavy atom. The van der Waals surface area contributed by atoms with Crippen LogP contribution in [0.2, 0.25) is 0 Å². The number of benzene rings is 3. The van der Waals surface area contributed by atoms with Gasteiger partial charge in [0, 0.05) is 10.0 Å². The molecule has 1 unspecified atom stereocenters. The van der Waals surface area contributed by atoms with Crippen molar-refractivity contribution in [1.82, 2.24) is 14.9 Å². The van der Waals surface area contributed by atoms with Gasteiger partial charge in [-0.1, -0.05) is 60.1 Å². The predicted molar refractivity (Wildman–Crippen MR) is 141 cm³/mol. The minimum absolute atomic E-state index is 0.134. The number of amides is 1. The third-order valence-corrected chi connectivity index (χ3v) is 6.36. The lowest BCUT2D eigenvalue weighted by Gasteiger charge is -2.18. The number of ether oxygens (including phenoxy) is 1. The molecule has 5 nitrogen and oxygen atoms in total. The highest BCUT2D eigenvalue weighted by Crippen LogP contribution is 2.28. The first kappa shape index (κ1) is 24.0. The summed E-state index contributed by atoms with van der Waals surface area (Å²) in [6.45, 7) is 9.52. The molecular formula is C28H30BrN3O2. The smallest absolute Gasteiger partial charge is 0.251 e. The van der Waals surface area contributed by atoms with Gasteiger partial charge in [-0.25, -0.2) is 4.98 Å². The van der Waals surface area contributed by atoms with Crippen molar-refractivity contribution in [2.24, 2.45) is 0 Å². The molecule has 3 aromatic carbocycles. The molecule has 0 saturated heterocycles. The van der Waals surface area contributed by atoms with E-state index in [-0.39, 0.29) is 11.9 Å². The summed E-state index contributed by atoms with van der Waals surface area (Å²) in [5.41, 5.74) is 4.92. The molecule has 1 N–H and O–H groups in total. The molecule has 0 radical (unpaired) electrons. The number of fused-ring (bicyclic) bond motifs is 1. The van der Waals surface area contributed by atoms with Crippen LogP contribution in [0.15, 0.2) is 71.2 Å². The van der Waals surface area contributed by atoms with Crippen LogP contribution in [-0.4, -0.2) is 22.1 Å². The Kier molecular flexibility index (Phi) is 7.37. The molecule has 4 aromatic rings. The van der Waals surface area contributed by atoms with E-state index >= 15 is 0 Å². The van der Waals surface area contributed by atoms with Crippen LogP contribution in [0.4, 0.5) is 0 Å². The molecular weight excluding hydrogens is 490 g/mol. The number of hydrogen-bond acceptors (Lipinski definition) is 3. The summed E-state index contributed by atoms with van der Waals surface area (Å²) in [7, 11) is 0. The van der Waals surface area contributed by atoms with E-state index in [4.69, 9.17) is 9.72 Å². The molecule has 0 bridgehead atoms. The van der Waals surface area contributed by atoms with Gasteiger partial charge in [-0.3, -0.25) is 4.79 Å². The summed E-state index contributed by atoms with van der Waals surface area (Å²) >= 11 is 3.43. The second kappa shape index (κ2) is 10.4. The Labute approximate surface area is 209 Å². The van der Waals surface area contributed by atoms with E-state index in [1.54, 1.807) is 6.07 Å². The maximum absolute atomic E-state index is 12.8. The minimum atomic E-state index is -0.274. The summed E-state index contributed by atoms with van der Waals surface area (Å²) in [5, 5.41) is 3.10. The number of para-hydroxylation sites is 2. The van der Waals surface area contributed by atoms with E-state index in [2.05, 4.69) is 70.9 Å². The van der Waals surface area contributed by atoms with Crippen LogP contribution in [0.3, 0.4) is 0 Å². The molecule has 6 heteroatoms. The van der Waals surface area contributed by atoms with Crippen LogP contribution in [0, 0.1) is 6.92 Å². The third kappa shape index (κ3) is 5.33. The highest BCUT2D eigenvalue weighted by atomic mass is 79.9. The van der Waals surface area contributed by atoms with Gasteiger partial charge < -0.3 is 14.6 Å². The molecule has 4 rings (SSSR count). The summed E-state index contributed by atoms with van der Waals surface area (Å²) in [4.78, 5) is 17.7. The minimum Gasteiger partial charge on any atom is -0.491 e. The lowest BCUT2D eigenvalue weighted by molar-refractivity contribution is 0.0937. The number of carbonyl (C=O) groups excluding carboxylic acids is 1. The molecule has 0 aliphatic carbocycles. The SMILES string of the molecule is Cc1ccc(C(C)C)c(OCCn2c(C(C)NC(=O)c3cccc(Br)c3)nc3ccccc32)c1. The number of halogens is 1. The Bertz CT molecular complexity index is 1310. The van der Waals surface area contributed by atoms with E-state index < -0.39 is 0 Å². The second-order valence-corrected chi connectivity index (χ2v) is 9.78. The van der Waals surface area contributed by atoms with Crippen LogP contribution in [0.25, 0.3) is 11.0 Å². The lowest BCUT2D eigenvalue weighted by Crippen LogP contribution is -2.29. The molecule has 1 amide bonds. The zero-order valence-electron chi connectivity index (χ0n) is 20.0. The van der Waals surface area contributed by atoms with Crippen molar-refractivity contribution in [3.8, 4) is 5.75 Å². The number of rotatable bonds is 8. The van der Waals surface area contributed by atoms with E-state index in [0.29, 0.717) is 24.6 Å². The van der Waals surface area contributed by atoms with Crippen molar-refractivity contribution >= 4 is 32.9 Å².